The third kappa shape index (κ3) is 3.14. The minimum absolute atomic E-state index is 0.0208. The molecule has 100 valence electrons. The van der Waals surface area contributed by atoms with Crippen molar-refractivity contribution in [1.29, 1.82) is 0 Å². The molecule has 0 saturated heterocycles. The van der Waals surface area contributed by atoms with Crippen LogP contribution in [0.5, 0.6) is 0 Å². The van der Waals surface area contributed by atoms with E-state index in [2.05, 4.69) is 20.7 Å². The van der Waals surface area contributed by atoms with E-state index in [1.165, 1.54) is 12.1 Å². The van der Waals surface area contributed by atoms with Crippen molar-refractivity contribution in [2.75, 3.05) is 4.72 Å². The molecule has 0 unspecified atom stereocenters. The van der Waals surface area contributed by atoms with E-state index in [9.17, 15) is 13.2 Å². The lowest BCUT2D eigenvalue weighted by Crippen LogP contribution is -2.11. The Labute approximate surface area is 122 Å². The number of nitrogens with one attached hydrogen (secondary N) is 1. The molecule has 19 heavy (non-hydrogen) atoms. The zero-order valence-electron chi connectivity index (χ0n) is 9.33. The summed E-state index contributed by atoms with van der Waals surface area (Å²) in [5.41, 5.74) is 0.396. The Morgan fingerprint density at radius 2 is 1.89 bits per heavy atom. The van der Waals surface area contributed by atoms with Crippen molar-refractivity contribution in [3.63, 3.8) is 0 Å². The van der Waals surface area contributed by atoms with E-state index in [-0.39, 0.29) is 9.09 Å². The zero-order chi connectivity index (χ0) is 14.0. The number of anilines is 1. The molecule has 0 fully saturated rings. The van der Waals surface area contributed by atoms with Gasteiger partial charge in [-0.1, -0.05) is 12.1 Å². The van der Waals surface area contributed by atoms with Gasteiger partial charge in [-0.15, -0.1) is 11.3 Å². The summed E-state index contributed by atoms with van der Waals surface area (Å²) in [4.78, 5) is 10.7. The molecule has 0 spiro atoms. The highest BCUT2D eigenvalue weighted by Gasteiger charge is 2.19. The van der Waals surface area contributed by atoms with Crippen LogP contribution in [0.15, 0.2) is 45.1 Å². The Hall–Kier alpha value is -1.38. The number of carboxylic acid groups (broad SMARTS) is 1. The average molecular weight is 362 g/mol. The minimum Gasteiger partial charge on any atom is -0.477 e. The van der Waals surface area contributed by atoms with Crippen LogP contribution in [0.4, 0.5) is 5.69 Å². The quantitative estimate of drug-likeness (QED) is 0.876. The van der Waals surface area contributed by atoms with Crippen LogP contribution in [0.25, 0.3) is 0 Å². The van der Waals surface area contributed by atoms with E-state index in [1.54, 1.807) is 24.3 Å². The molecule has 0 aliphatic carbocycles. The Balaban J connectivity index is 2.32. The maximum Gasteiger partial charge on any atom is 0.345 e. The highest BCUT2D eigenvalue weighted by atomic mass is 79.9. The second kappa shape index (κ2) is 5.32. The number of halogens is 1. The highest BCUT2D eigenvalue weighted by molar-refractivity contribution is 9.10. The number of sulfonamides is 1. The number of aromatic carboxylic acids is 1. The molecule has 8 heteroatoms. The largest absolute Gasteiger partial charge is 0.477 e. The maximum atomic E-state index is 12.1. The fourth-order valence-corrected chi connectivity index (χ4v) is 4.06. The summed E-state index contributed by atoms with van der Waals surface area (Å²) in [6.07, 6.45) is 0. The van der Waals surface area contributed by atoms with Crippen LogP contribution in [0.2, 0.25) is 0 Å². The molecule has 0 bridgehead atoms. The number of thiophene rings is 1. The van der Waals surface area contributed by atoms with Crippen LogP contribution >= 0.6 is 27.3 Å². The van der Waals surface area contributed by atoms with E-state index in [0.717, 1.165) is 0 Å². The van der Waals surface area contributed by atoms with E-state index in [1.807, 2.05) is 0 Å². The van der Waals surface area contributed by atoms with Crippen LogP contribution < -0.4 is 4.72 Å². The van der Waals surface area contributed by atoms with Gasteiger partial charge in [-0.25, -0.2) is 13.2 Å². The van der Waals surface area contributed by atoms with Gasteiger partial charge < -0.3 is 5.11 Å². The fourth-order valence-electron chi connectivity index (χ4n) is 1.32. The summed E-state index contributed by atoms with van der Waals surface area (Å²) >= 11 is 3.94. The molecule has 0 saturated carbocycles. The van der Waals surface area contributed by atoms with Gasteiger partial charge in [0.25, 0.3) is 10.0 Å². The molecule has 0 radical (unpaired) electrons. The minimum atomic E-state index is -3.77. The monoisotopic (exact) mass is 361 g/mol. The molecule has 0 atom stereocenters. The molecule has 2 N–H and O–H groups in total. The number of benzene rings is 1. The Kier molecular flexibility index (Phi) is 3.93. The van der Waals surface area contributed by atoms with Gasteiger partial charge in [0, 0.05) is 4.47 Å². The van der Waals surface area contributed by atoms with Crippen LogP contribution in [0, 0.1) is 0 Å². The van der Waals surface area contributed by atoms with Crippen LogP contribution in [0.3, 0.4) is 0 Å². The van der Waals surface area contributed by atoms with E-state index in [4.69, 9.17) is 5.11 Å². The number of carbonyl (C=O) groups is 1. The van der Waals surface area contributed by atoms with Crippen LogP contribution in [0.1, 0.15) is 9.67 Å². The fraction of sp³-hybridized carbons (Fsp3) is 0. The third-order valence-electron chi connectivity index (χ3n) is 2.18. The first kappa shape index (κ1) is 14.0. The topological polar surface area (TPSA) is 83.5 Å². The summed E-state index contributed by atoms with van der Waals surface area (Å²) in [5.74, 6) is -1.15. The molecule has 0 amide bonds. The summed E-state index contributed by atoms with van der Waals surface area (Å²) in [5, 5.41) is 8.79. The van der Waals surface area contributed by atoms with Crippen molar-refractivity contribution < 1.29 is 18.3 Å². The van der Waals surface area contributed by atoms with Gasteiger partial charge in [0.05, 0.1) is 5.69 Å². The highest BCUT2D eigenvalue weighted by Crippen LogP contribution is 2.27. The predicted octanol–water partition coefficient (Wildman–Crippen LogP) is 3.01. The van der Waals surface area contributed by atoms with Gasteiger partial charge >= 0.3 is 5.97 Å². The van der Waals surface area contributed by atoms with Crippen LogP contribution in [-0.4, -0.2) is 19.5 Å². The normalized spacial score (nSPS) is 11.2. The molecular weight excluding hydrogens is 354 g/mol. The summed E-state index contributed by atoms with van der Waals surface area (Å²) in [6, 6.07) is 9.30. The third-order valence-corrected chi connectivity index (χ3v) is 5.80. The number of carboxylic acids is 1. The number of hydrogen-bond acceptors (Lipinski definition) is 4. The van der Waals surface area contributed by atoms with Crippen molar-refractivity contribution in [2.24, 2.45) is 0 Å². The van der Waals surface area contributed by atoms with Gasteiger partial charge in [-0.2, -0.15) is 0 Å². The predicted molar refractivity (Wildman–Crippen MR) is 76.2 cm³/mol. The molecule has 5 nitrogen and oxygen atoms in total. The number of rotatable bonds is 4. The maximum absolute atomic E-state index is 12.1. The van der Waals surface area contributed by atoms with E-state index in [0.29, 0.717) is 21.5 Å². The van der Waals surface area contributed by atoms with Crippen molar-refractivity contribution >= 4 is 48.9 Å². The first-order valence-electron chi connectivity index (χ1n) is 5.00. The second-order valence-electron chi connectivity index (χ2n) is 3.51. The lowest BCUT2D eigenvalue weighted by atomic mass is 10.3. The SMILES string of the molecule is O=C(O)c1ccc(S(=O)(=O)Nc2ccccc2Br)s1. The van der Waals surface area contributed by atoms with Gasteiger partial charge in [0.1, 0.15) is 9.09 Å². The van der Waals surface area contributed by atoms with Gasteiger partial charge in [-0.05, 0) is 40.2 Å². The molecule has 2 rings (SSSR count). The first-order chi connectivity index (χ1) is 8.90. The lowest BCUT2D eigenvalue weighted by molar-refractivity contribution is 0.0702. The molecule has 0 aliphatic rings. The first-order valence-corrected chi connectivity index (χ1v) is 8.10. The lowest BCUT2D eigenvalue weighted by Gasteiger charge is -2.07. The van der Waals surface area contributed by atoms with E-state index < -0.39 is 16.0 Å². The van der Waals surface area contributed by atoms with E-state index >= 15 is 0 Å². The van der Waals surface area contributed by atoms with Crippen molar-refractivity contribution in [3.05, 3.63) is 45.7 Å². The molecule has 0 aliphatic heterocycles. The van der Waals surface area contributed by atoms with Gasteiger partial charge in [0.2, 0.25) is 0 Å². The molecule has 2 aromatic rings. The van der Waals surface area contributed by atoms with Crippen molar-refractivity contribution in [1.82, 2.24) is 0 Å². The summed E-state index contributed by atoms with van der Waals surface area (Å²) < 4.78 is 27.1. The summed E-state index contributed by atoms with van der Waals surface area (Å²) in [7, 11) is -3.77. The molecule has 1 aromatic carbocycles. The molecule has 1 aromatic heterocycles. The Morgan fingerprint density at radius 3 is 2.47 bits per heavy atom. The Morgan fingerprint density at radius 1 is 1.21 bits per heavy atom. The van der Waals surface area contributed by atoms with Gasteiger partial charge in [-0.3, -0.25) is 4.72 Å². The molecule has 1 heterocycles. The van der Waals surface area contributed by atoms with Gasteiger partial charge in [0.15, 0.2) is 0 Å². The number of hydrogen-bond donors (Lipinski definition) is 2. The van der Waals surface area contributed by atoms with Crippen LogP contribution in [-0.2, 0) is 10.0 Å². The smallest absolute Gasteiger partial charge is 0.345 e. The standard InChI is InChI=1S/C11H8BrNO4S2/c12-7-3-1-2-4-8(7)13-19(16,17)10-6-5-9(18-10)11(14)15/h1-6,13H,(H,14,15). The second-order valence-corrected chi connectivity index (χ2v) is 7.36. The summed E-state index contributed by atoms with van der Waals surface area (Å²) in [6.45, 7) is 0. The molecular formula is C11H8BrNO4S2. The average Bonchev–Trinajstić information content (AvgIpc) is 2.82. The zero-order valence-corrected chi connectivity index (χ0v) is 12.5. The van der Waals surface area contributed by atoms with Crippen molar-refractivity contribution in [3.8, 4) is 0 Å². The van der Waals surface area contributed by atoms with Crippen molar-refractivity contribution in [2.45, 2.75) is 4.21 Å². The Bertz CT molecular complexity index is 724. The number of para-hydroxylation sites is 1.